The molecule has 0 saturated carbocycles. The molecule has 1 aliphatic heterocycles. The molecular formula is C22H28N2O3. The summed E-state index contributed by atoms with van der Waals surface area (Å²) in [5.74, 6) is 0.103. The van der Waals surface area contributed by atoms with Gasteiger partial charge < -0.3 is 14.8 Å². The van der Waals surface area contributed by atoms with Crippen molar-refractivity contribution in [1.29, 1.82) is 0 Å². The average Bonchev–Trinajstić information content (AvgIpc) is 2.70. The summed E-state index contributed by atoms with van der Waals surface area (Å²) in [6, 6.07) is 12.4. The highest BCUT2D eigenvalue weighted by Gasteiger charge is 2.40. The Labute approximate surface area is 161 Å². The van der Waals surface area contributed by atoms with E-state index >= 15 is 0 Å². The molecule has 27 heavy (non-hydrogen) atoms. The highest BCUT2D eigenvalue weighted by atomic mass is 16.5. The SMILES string of the molecule is COC[C@@H](C)NC(=O)C1(Cc2ccc(-c3cccnc3)cc2)CCOCC1. The van der Waals surface area contributed by atoms with Gasteiger partial charge in [-0.15, -0.1) is 0 Å². The van der Waals surface area contributed by atoms with Gasteiger partial charge in [0.05, 0.1) is 12.0 Å². The fraction of sp³-hybridized carbons (Fsp3) is 0.455. The van der Waals surface area contributed by atoms with E-state index in [1.54, 1.807) is 13.3 Å². The summed E-state index contributed by atoms with van der Waals surface area (Å²) < 4.78 is 10.7. The van der Waals surface area contributed by atoms with E-state index in [0.29, 0.717) is 19.8 Å². The second-order valence-corrected chi connectivity index (χ2v) is 7.34. The molecule has 144 valence electrons. The molecule has 3 rings (SSSR count). The standard InChI is InChI=1S/C22H28N2O3/c1-17(16-26-2)24-21(25)22(9-12-27-13-10-22)14-18-5-7-19(8-6-18)20-4-3-11-23-15-20/h3-8,11,15,17H,9-10,12-14,16H2,1-2H3,(H,24,25)/t17-/m1/s1. The number of methoxy groups -OCH3 is 1. The first kappa shape index (κ1) is 19.5. The molecule has 0 bridgehead atoms. The van der Waals surface area contributed by atoms with Crippen molar-refractivity contribution in [1.82, 2.24) is 10.3 Å². The Kier molecular flexibility index (Phi) is 6.58. The third kappa shape index (κ3) is 4.93. The molecule has 5 heteroatoms. The number of hydrogen-bond donors (Lipinski definition) is 1. The largest absolute Gasteiger partial charge is 0.383 e. The number of rotatable bonds is 7. The molecule has 0 unspecified atom stereocenters. The molecule has 2 aromatic rings. The summed E-state index contributed by atoms with van der Waals surface area (Å²) in [7, 11) is 1.65. The summed E-state index contributed by atoms with van der Waals surface area (Å²) in [6.45, 7) is 3.73. The predicted molar refractivity (Wildman–Crippen MR) is 105 cm³/mol. The summed E-state index contributed by atoms with van der Waals surface area (Å²) in [4.78, 5) is 17.2. The number of ether oxygens (including phenoxy) is 2. The minimum absolute atomic E-state index is 0.00447. The Hall–Kier alpha value is -2.24. The molecule has 1 saturated heterocycles. The zero-order valence-electron chi connectivity index (χ0n) is 16.1. The molecule has 2 heterocycles. The van der Waals surface area contributed by atoms with Gasteiger partial charge in [0.25, 0.3) is 0 Å². The van der Waals surface area contributed by atoms with Gasteiger partial charge in [-0.05, 0) is 48.9 Å². The lowest BCUT2D eigenvalue weighted by Crippen LogP contribution is -2.49. The Bertz CT molecular complexity index is 725. The Morgan fingerprint density at radius 3 is 2.59 bits per heavy atom. The van der Waals surface area contributed by atoms with Crippen LogP contribution in [0.2, 0.25) is 0 Å². The van der Waals surface area contributed by atoms with Gasteiger partial charge in [0.1, 0.15) is 0 Å². The van der Waals surface area contributed by atoms with E-state index in [-0.39, 0.29) is 11.9 Å². The summed E-state index contributed by atoms with van der Waals surface area (Å²) in [5.41, 5.74) is 2.97. The molecule has 1 N–H and O–H groups in total. The van der Waals surface area contributed by atoms with Gasteiger partial charge in [-0.25, -0.2) is 0 Å². The van der Waals surface area contributed by atoms with E-state index < -0.39 is 5.41 Å². The lowest BCUT2D eigenvalue weighted by Gasteiger charge is -2.36. The van der Waals surface area contributed by atoms with Crippen LogP contribution in [0.1, 0.15) is 25.3 Å². The second-order valence-electron chi connectivity index (χ2n) is 7.34. The van der Waals surface area contributed by atoms with Gasteiger partial charge >= 0.3 is 0 Å². The van der Waals surface area contributed by atoms with Crippen molar-refractivity contribution in [3.05, 3.63) is 54.4 Å². The maximum atomic E-state index is 13.1. The van der Waals surface area contributed by atoms with Gasteiger partial charge in [-0.2, -0.15) is 0 Å². The van der Waals surface area contributed by atoms with Crippen LogP contribution in [0.5, 0.6) is 0 Å². The Balaban J connectivity index is 1.75. The van der Waals surface area contributed by atoms with Crippen LogP contribution in [0.4, 0.5) is 0 Å². The lowest BCUT2D eigenvalue weighted by molar-refractivity contribution is -0.137. The first-order valence-electron chi connectivity index (χ1n) is 9.50. The van der Waals surface area contributed by atoms with E-state index in [1.807, 2.05) is 25.3 Å². The topological polar surface area (TPSA) is 60.5 Å². The van der Waals surface area contributed by atoms with E-state index in [9.17, 15) is 4.79 Å². The molecule has 1 fully saturated rings. The fourth-order valence-corrected chi connectivity index (χ4v) is 3.65. The van der Waals surface area contributed by atoms with Crippen LogP contribution in [0, 0.1) is 5.41 Å². The maximum Gasteiger partial charge on any atom is 0.227 e. The van der Waals surface area contributed by atoms with Crippen LogP contribution in [0.3, 0.4) is 0 Å². The number of carbonyl (C=O) groups excluding carboxylic acids is 1. The number of benzene rings is 1. The van der Waals surface area contributed by atoms with Crippen LogP contribution in [0.25, 0.3) is 11.1 Å². The summed E-state index contributed by atoms with van der Waals surface area (Å²) in [5, 5.41) is 3.12. The zero-order valence-corrected chi connectivity index (χ0v) is 16.1. The molecule has 1 amide bonds. The van der Waals surface area contributed by atoms with E-state index in [2.05, 4.69) is 34.6 Å². The minimum Gasteiger partial charge on any atom is -0.383 e. The number of pyridine rings is 1. The molecule has 0 spiro atoms. The fourth-order valence-electron chi connectivity index (χ4n) is 3.65. The predicted octanol–water partition coefficient (Wildman–Crippen LogP) is 3.24. The molecule has 0 aliphatic carbocycles. The molecule has 1 aromatic carbocycles. The van der Waals surface area contributed by atoms with Crippen molar-refractivity contribution >= 4 is 5.91 Å². The number of nitrogens with zero attached hydrogens (tertiary/aromatic N) is 1. The third-order valence-corrected chi connectivity index (χ3v) is 5.22. The first-order valence-corrected chi connectivity index (χ1v) is 9.50. The van der Waals surface area contributed by atoms with Gasteiger partial charge in [-0.1, -0.05) is 30.3 Å². The van der Waals surface area contributed by atoms with Gasteiger partial charge in [0.2, 0.25) is 5.91 Å². The highest BCUT2D eigenvalue weighted by Crippen LogP contribution is 2.35. The average molecular weight is 368 g/mol. The monoisotopic (exact) mass is 368 g/mol. The molecule has 0 radical (unpaired) electrons. The van der Waals surface area contributed by atoms with Crippen molar-refractivity contribution in [2.75, 3.05) is 26.9 Å². The summed E-state index contributed by atoms with van der Waals surface area (Å²) in [6.07, 6.45) is 5.83. The molecule has 5 nitrogen and oxygen atoms in total. The number of aromatic nitrogens is 1. The maximum absolute atomic E-state index is 13.1. The molecule has 1 aromatic heterocycles. The van der Waals surface area contributed by atoms with Crippen molar-refractivity contribution in [3.63, 3.8) is 0 Å². The molecule has 1 atom stereocenters. The third-order valence-electron chi connectivity index (χ3n) is 5.22. The smallest absolute Gasteiger partial charge is 0.227 e. The van der Waals surface area contributed by atoms with Crippen LogP contribution >= 0.6 is 0 Å². The van der Waals surface area contributed by atoms with Crippen molar-refractivity contribution < 1.29 is 14.3 Å². The number of amides is 1. The Morgan fingerprint density at radius 2 is 1.96 bits per heavy atom. The van der Waals surface area contributed by atoms with Crippen LogP contribution in [-0.2, 0) is 20.7 Å². The van der Waals surface area contributed by atoms with E-state index in [4.69, 9.17) is 9.47 Å². The minimum atomic E-state index is -0.421. The zero-order chi connectivity index (χ0) is 19.1. The lowest BCUT2D eigenvalue weighted by atomic mass is 9.74. The van der Waals surface area contributed by atoms with Crippen LogP contribution < -0.4 is 5.32 Å². The van der Waals surface area contributed by atoms with Gasteiger partial charge in [0, 0.05) is 38.8 Å². The number of hydrogen-bond acceptors (Lipinski definition) is 4. The Morgan fingerprint density at radius 1 is 1.22 bits per heavy atom. The molecular weight excluding hydrogens is 340 g/mol. The highest BCUT2D eigenvalue weighted by molar-refractivity contribution is 5.83. The van der Waals surface area contributed by atoms with Crippen LogP contribution in [-0.4, -0.2) is 43.9 Å². The first-order chi connectivity index (χ1) is 13.1. The van der Waals surface area contributed by atoms with E-state index in [0.717, 1.165) is 30.4 Å². The number of nitrogens with one attached hydrogen (secondary N) is 1. The van der Waals surface area contributed by atoms with Crippen molar-refractivity contribution in [2.24, 2.45) is 5.41 Å². The van der Waals surface area contributed by atoms with Crippen molar-refractivity contribution in [3.8, 4) is 11.1 Å². The van der Waals surface area contributed by atoms with E-state index in [1.165, 1.54) is 5.56 Å². The molecule has 1 aliphatic rings. The quantitative estimate of drug-likeness (QED) is 0.815. The van der Waals surface area contributed by atoms with Gasteiger partial charge in [-0.3, -0.25) is 9.78 Å². The van der Waals surface area contributed by atoms with Crippen LogP contribution in [0.15, 0.2) is 48.8 Å². The number of carbonyl (C=O) groups is 1. The second kappa shape index (κ2) is 9.11. The normalized spacial score (nSPS) is 17.3. The van der Waals surface area contributed by atoms with Crippen molar-refractivity contribution in [2.45, 2.75) is 32.2 Å². The van der Waals surface area contributed by atoms with Gasteiger partial charge in [0.15, 0.2) is 0 Å². The summed E-state index contributed by atoms with van der Waals surface area (Å²) >= 11 is 0.